The van der Waals surface area contributed by atoms with Gasteiger partial charge in [-0.05, 0) is 6.42 Å². The summed E-state index contributed by atoms with van der Waals surface area (Å²) in [4.78, 5) is 12.6. The Labute approximate surface area is 106 Å². The van der Waals surface area contributed by atoms with Gasteiger partial charge in [0, 0.05) is 6.54 Å². The minimum Gasteiger partial charge on any atom is -0.468 e. The minimum atomic E-state index is -4.51. The fourth-order valence-corrected chi connectivity index (χ4v) is 1.93. The molecule has 1 heterocycles. The van der Waals surface area contributed by atoms with Crippen molar-refractivity contribution in [2.45, 2.75) is 19.5 Å². The Kier molecular flexibility index (Phi) is 4.88. The van der Waals surface area contributed by atoms with E-state index in [1.54, 1.807) is 0 Å². The second-order valence-corrected chi connectivity index (χ2v) is 4.34. The Morgan fingerprint density at radius 2 is 2.11 bits per heavy atom. The third-order valence-electron chi connectivity index (χ3n) is 1.97. The third kappa shape index (κ3) is 3.83. The lowest BCUT2D eigenvalue weighted by Crippen LogP contribution is -2.31. The summed E-state index contributed by atoms with van der Waals surface area (Å²) in [5, 5.41) is 5.57. The predicted molar refractivity (Wildman–Crippen MR) is 59.4 cm³/mol. The quantitative estimate of drug-likeness (QED) is 0.773. The van der Waals surface area contributed by atoms with Gasteiger partial charge in [-0.1, -0.05) is 18.3 Å². The van der Waals surface area contributed by atoms with Gasteiger partial charge in [-0.15, -0.1) is 10.2 Å². The number of hydrogen-bond acceptors (Lipinski definition) is 6. The van der Waals surface area contributed by atoms with Crippen LogP contribution in [0.1, 0.15) is 18.4 Å². The molecule has 0 aromatic carbocycles. The molecule has 1 rings (SSSR count). The highest BCUT2D eigenvalue weighted by Gasteiger charge is 2.36. The van der Waals surface area contributed by atoms with Gasteiger partial charge in [0.1, 0.15) is 6.54 Å². The maximum atomic E-state index is 12.4. The van der Waals surface area contributed by atoms with Gasteiger partial charge in [0.05, 0.1) is 7.11 Å². The van der Waals surface area contributed by atoms with Crippen LogP contribution in [0.15, 0.2) is 0 Å². The summed E-state index contributed by atoms with van der Waals surface area (Å²) in [6, 6.07) is 0. The van der Waals surface area contributed by atoms with Crippen LogP contribution in [-0.2, 0) is 15.7 Å². The van der Waals surface area contributed by atoms with Gasteiger partial charge >= 0.3 is 12.1 Å². The summed E-state index contributed by atoms with van der Waals surface area (Å²) in [6.07, 6.45) is -3.85. The van der Waals surface area contributed by atoms with Crippen molar-refractivity contribution in [1.29, 1.82) is 0 Å². The first kappa shape index (κ1) is 14.7. The van der Waals surface area contributed by atoms with E-state index in [-0.39, 0.29) is 11.7 Å². The standard InChI is InChI=1S/C9H12F3N3O2S/c1-3-4-15(5-6(16)17-2)8-14-13-7(18-8)9(10,11)12/h3-5H2,1-2H3. The monoisotopic (exact) mass is 283 g/mol. The normalized spacial score (nSPS) is 11.4. The number of aromatic nitrogens is 2. The average molecular weight is 283 g/mol. The van der Waals surface area contributed by atoms with E-state index >= 15 is 0 Å². The van der Waals surface area contributed by atoms with Crippen molar-refractivity contribution in [2.75, 3.05) is 25.1 Å². The van der Waals surface area contributed by atoms with Gasteiger partial charge < -0.3 is 9.64 Å². The van der Waals surface area contributed by atoms with E-state index in [1.165, 1.54) is 12.0 Å². The van der Waals surface area contributed by atoms with Crippen LogP contribution in [0.2, 0.25) is 0 Å². The topological polar surface area (TPSA) is 55.3 Å². The molecule has 0 atom stereocenters. The highest BCUT2D eigenvalue weighted by molar-refractivity contribution is 7.15. The number of rotatable bonds is 5. The van der Waals surface area contributed by atoms with Crippen molar-refractivity contribution in [2.24, 2.45) is 0 Å². The van der Waals surface area contributed by atoms with Crippen molar-refractivity contribution in [3.63, 3.8) is 0 Å². The molecular weight excluding hydrogens is 271 g/mol. The minimum absolute atomic E-state index is 0.0644. The molecule has 18 heavy (non-hydrogen) atoms. The number of methoxy groups -OCH3 is 1. The number of nitrogens with zero attached hydrogens (tertiary/aromatic N) is 3. The molecule has 0 amide bonds. The first-order chi connectivity index (χ1) is 8.38. The summed E-state index contributed by atoms with van der Waals surface area (Å²) in [6.45, 7) is 2.11. The molecule has 0 fully saturated rings. The first-order valence-electron chi connectivity index (χ1n) is 5.11. The van der Waals surface area contributed by atoms with Crippen molar-refractivity contribution >= 4 is 22.4 Å². The zero-order chi connectivity index (χ0) is 13.8. The number of alkyl halides is 3. The van der Waals surface area contributed by atoms with Crippen LogP contribution in [0, 0.1) is 0 Å². The van der Waals surface area contributed by atoms with Crippen LogP contribution < -0.4 is 4.90 Å². The van der Waals surface area contributed by atoms with E-state index in [0.717, 1.165) is 0 Å². The van der Waals surface area contributed by atoms with E-state index in [0.29, 0.717) is 24.3 Å². The molecule has 0 N–H and O–H groups in total. The lowest BCUT2D eigenvalue weighted by atomic mass is 10.4. The molecule has 0 aliphatic carbocycles. The van der Waals surface area contributed by atoms with Crippen LogP contribution in [0.25, 0.3) is 0 Å². The molecule has 0 aliphatic rings. The van der Waals surface area contributed by atoms with E-state index in [4.69, 9.17) is 0 Å². The number of ether oxygens (including phenoxy) is 1. The highest BCUT2D eigenvalue weighted by atomic mass is 32.1. The smallest absolute Gasteiger partial charge is 0.445 e. The highest BCUT2D eigenvalue weighted by Crippen LogP contribution is 2.34. The van der Waals surface area contributed by atoms with Crippen molar-refractivity contribution in [1.82, 2.24) is 10.2 Å². The average Bonchev–Trinajstić information content (AvgIpc) is 2.77. The van der Waals surface area contributed by atoms with Gasteiger partial charge in [-0.3, -0.25) is 4.79 Å². The van der Waals surface area contributed by atoms with Gasteiger partial charge in [0.25, 0.3) is 0 Å². The lowest BCUT2D eigenvalue weighted by Gasteiger charge is -2.18. The second-order valence-electron chi connectivity index (χ2n) is 3.39. The van der Waals surface area contributed by atoms with Gasteiger partial charge in [-0.25, -0.2) is 0 Å². The van der Waals surface area contributed by atoms with Crippen molar-refractivity contribution < 1.29 is 22.7 Å². The molecule has 0 saturated carbocycles. The fourth-order valence-electron chi connectivity index (χ4n) is 1.19. The molecule has 0 spiro atoms. The molecule has 0 unspecified atom stereocenters. The fraction of sp³-hybridized carbons (Fsp3) is 0.667. The maximum Gasteiger partial charge on any atom is 0.445 e. The van der Waals surface area contributed by atoms with Crippen LogP contribution in [-0.4, -0.2) is 36.4 Å². The maximum absolute atomic E-state index is 12.4. The SMILES string of the molecule is CCCN(CC(=O)OC)c1nnc(C(F)(F)F)s1. The zero-order valence-electron chi connectivity index (χ0n) is 9.82. The van der Waals surface area contributed by atoms with Crippen molar-refractivity contribution in [3.8, 4) is 0 Å². The largest absolute Gasteiger partial charge is 0.468 e. The van der Waals surface area contributed by atoms with Crippen LogP contribution in [0.4, 0.5) is 18.3 Å². The van der Waals surface area contributed by atoms with Gasteiger partial charge in [-0.2, -0.15) is 13.2 Å². The van der Waals surface area contributed by atoms with E-state index in [1.807, 2.05) is 6.92 Å². The van der Waals surface area contributed by atoms with Crippen LogP contribution >= 0.6 is 11.3 Å². The summed E-state index contributed by atoms with van der Waals surface area (Å²) in [5.74, 6) is -0.535. The van der Waals surface area contributed by atoms with Crippen molar-refractivity contribution in [3.05, 3.63) is 5.01 Å². The molecule has 0 aliphatic heterocycles. The summed E-state index contributed by atoms with van der Waals surface area (Å²) < 4.78 is 41.6. The Morgan fingerprint density at radius 3 is 2.56 bits per heavy atom. The molecule has 5 nitrogen and oxygen atoms in total. The zero-order valence-corrected chi connectivity index (χ0v) is 10.6. The number of esters is 1. The number of hydrogen-bond donors (Lipinski definition) is 0. The second kappa shape index (κ2) is 5.98. The molecule has 0 bridgehead atoms. The summed E-state index contributed by atoms with van der Waals surface area (Å²) >= 11 is 0.411. The van der Waals surface area contributed by atoms with Crippen LogP contribution in [0.5, 0.6) is 0 Å². The third-order valence-corrected chi connectivity index (χ3v) is 3.00. The molecule has 1 aromatic rings. The summed E-state index contributed by atoms with van der Waals surface area (Å²) in [7, 11) is 1.22. The molecular formula is C9H12F3N3O2S. The predicted octanol–water partition coefficient (Wildman–Crippen LogP) is 1.95. The van der Waals surface area contributed by atoms with Gasteiger partial charge in [0.2, 0.25) is 10.1 Å². The number of carbonyl (C=O) groups is 1. The first-order valence-corrected chi connectivity index (χ1v) is 5.92. The van der Waals surface area contributed by atoms with Gasteiger partial charge in [0.15, 0.2) is 0 Å². The molecule has 1 aromatic heterocycles. The summed E-state index contributed by atoms with van der Waals surface area (Å²) in [5.41, 5.74) is 0. The Bertz CT molecular complexity index is 408. The number of carbonyl (C=O) groups excluding carboxylic acids is 1. The van der Waals surface area contributed by atoms with Crippen LogP contribution in [0.3, 0.4) is 0 Å². The Balaban J connectivity index is 2.85. The molecule has 102 valence electrons. The van der Waals surface area contributed by atoms with E-state index < -0.39 is 17.2 Å². The lowest BCUT2D eigenvalue weighted by molar-refractivity contribution is -0.139. The molecule has 0 radical (unpaired) electrons. The molecule has 0 saturated heterocycles. The number of halogens is 3. The number of anilines is 1. The van der Waals surface area contributed by atoms with E-state index in [2.05, 4.69) is 14.9 Å². The Hall–Kier alpha value is -1.38. The Morgan fingerprint density at radius 1 is 1.44 bits per heavy atom. The molecule has 9 heteroatoms. The van der Waals surface area contributed by atoms with E-state index in [9.17, 15) is 18.0 Å².